The van der Waals surface area contributed by atoms with Crippen LogP contribution in [-0.4, -0.2) is 50.2 Å². The van der Waals surface area contributed by atoms with Gasteiger partial charge < -0.3 is 10.0 Å². The fraction of sp³-hybridized carbons (Fsp3) is 0.400. The lowest BCUT2D eigenvalue weighted by Gasteiger charge is -2.36. The Morgan fingerprint density at radius 1 is 0.931 bits per heavy atom. The van der Waals surface area contributed by atoms with Gasteiger partial charge in [-0.3, -0.25) is 0 Å². The zero-order valence-electron chi connectivity index (χ0n) is 16.1. The van der Waals surface area contributed by atoms with Crippen molar-refractivity contribution >= 4 is 15.7 Å². The first-order valence-corrected chi connectivity index (χ1v) is 10.6. The van der Waals surface area contributed by atoms with Gasteiger partial charge in [-0.2, -0.15) is 17.5 Å². The van der Waals surface area contributed by atoms with Crippen LogP contribution in [0.15, 0.2) is 53.4 Å². The van der Waals surface area contributed by atoms with Gasteiger partial charge in [0, 0.05) is 31.9 Å². The van der Waals surface area contributed by atoms with Crippen molar-refractivity contribution in [2.45, 2.75) is 30.5 Å². The molecule has 5 nitrogen and oxygen atoms in total. The number of piperazine rings is 1. The number of halogens is 3. The molecule has 1 saturated heterocycles. The molecule has 2 aromatic carbocycles. The molecule has 3 rings (SSSR count). The van der Waals surface area contributed by atoms with Crippen LogP contribution in [0.5, 0.6) is 0 Å². The van der Waals surface area contributed by atoms with Crippen molar-refractivity contribution in [3.8, 4) is 0 Å². The van der Waals surface area contributed by atoms with Gasteiger partial charge in [0.05, 0.1) is 4.90 Å². The summed E-state index contributed by atoms with van der Waals surface area (Å²) in [6, 6.07) is 12.3. The highest BCUT2D eigenvalue weighted by Gasteiger charge is 2.51. The quantitative estimate of drug-likeness (QED) is 0.812. The molecule has 29 heavy (non-hydrogen) atoms. The highest BCUT2D eigenvalue weighted by atomic mass is 32.2. The maximum Gasteiger partial charge on any atom is 0.421 e. The molecule has 0 aliphatic carbocycles. The van der Waals surface area contributed by atoms with Crippen molar-refractivity contribution in [1.29, 1.82) is 0 Å². The number of hydrogen-bond donors (Lipinski definition) is 1. The van der Waals surface area contributed by atoms with E-state index in [-0.39, 0.29) is 23.5 Å². The Hall–Kier alpha value is -2.10. The molecule has 0 amide bonds. The molecular formula is C20H23F3N2O3S. The van der Waals surface area contributed by atoms with Crippen LogP contribution in [0.2, 0.25) is 0 Å². The molecule has 1 N–H and O–H groups in total. The largest absolute Gasteiger partial charge is 0.421 e. The van der Waals surface area contributed by atoms with Crippen LogP contribution in [0.3, 0.4) is 0 Å². The summed E-state index contributed by atoms with van der Waals surface area (Å²) in [5.41, 5.74) is -1.80. The van der Waals surface area contributed by atoms with Crippen LogP contribution in [0.1, 0.15) is 18.1 Å². The third-order valence-corrected chi connectivity index (χ3v) is 7.36. The molecule has 0 spiro atoms. The summed E-state index contributed by atoms with van der Waals surface area (Å²) >= 11 is 0. The lowest BCUT2D eigenvalue weighted by molar-refractivity contribution is -0.258. The summed E-state index contributed by atoms with van der Waals surface area (Å²) < 4.78 is 66.1. The summed E-state index contributed by atoms with van der Waals surface area (Å²) in [6.07, 6.45) is -4.77. The molecule has 1 atom stereocenters. The van der Waals surface area contributed by atoms with Crippen LogP contribution >= 0.6 is 0 Å². The zero-order chi connectivity index (χ0) is 21.4. The van der Waals surface area contributed by atoms with E-state index in [1.165, 1.54) is 28.6 Å². The average Bonchev–Trinajstić information content (AvgIpc) is 2.67. The van der Waals surface area contributed by atoms with Gasteiger partial charge in [-0.1, -0.05) is 30.3 Å². The Balaban J connectivity index is 1.71. The molecule has 0 radical (unpaired) electrons. The smallest absolute Gasteiger partial charge is 0.376 e. The minimum absolute atomic E-state index is 0.241. The Kier molecular flexibility index (Phi) is 5.68. The topological polar surface area (TPSA) is 60.9 Å². The highest BCUT2D eigenvalue weighted by molar-refractivity contribution is 7.89. The summed E-state index contributed by atoms with van der Waals surface area (Å²) in [6.45, 7) is 3.86. The maximum absolute atomic E-state index is 13.0. The second-order valence-electron chi connectivity index (χ2n) is 7.27. The molecule has 0 aromatic heterocycles. The fourth-order valence-electron chi connectivity index (χ4n) is 3.33. The number of hydrogen-bond acceptors (Lipinski definition) is 4. The van der Waals surface area contributed by atoms with E-state index in [4.69, 9.17) is 0 Å². The predicted octanol–water partition coefficient (Wildman–Crippen LogP) is 3.28. The van der Waals surface area contributed by atoms with Gasteiger partial charge >= 0.3 is 6.18 Å². The van der Waals surface area contributed by atoms with E-state index in [9.17, 15) is 26.7 Å². The van der Waals surface area contributed by atoms with Gasteiger partial charge in [0.15, 0.2) is 5.60 Å². The van der Waals surface area contributed by atoms with Crippen LogP contribution in [0.25, 0.3) is 0 Å². The summed E-state index contributed by atoms with van der Waals surface area (Å²) in [5, 5.41) is 9.77. The summed E-state index contributed by atoms with van der Waals surface area (Å²) in [5.74, 6) is 0. The third-order valence-electron chi connectivity index (χ3n) is 5.30. The monoisotopic (exact) mass is 428 g/mol. The van der Waals surface area contributed by atoms with Gasteiger partial charge in [0.1, 0.15) is 0 Å². The van der Waals surface area contributed by atoms with Crippen molar-refractivity contribution in [1.82, 2.24) is 4.31 Å². The van der Waals surface area contributed by atoms with Gasteiger partial charge in [-0.15, -0.1) is 0 Å². The summed E-state index contributed by atoms with van der Waals surface area (Å²) in [7, 11) is -3.59. The van der Waals surface area contributed by atoms with E-state index in [1.807, 2.05) is 4.90 Å². The van der Waals surface area contributed by atoms with Crippen LogP contribution in [0, 0.1) is 6.92 Å². The Morgan fingerprint density at radius 2 is 1.48 bits per heavy atom. The second-order valence-corrected chi connectivity index (χ2v) is 9.18. The van der Waals surface area contributed by atoms with Crippen molar-refractivity contribution < 1.29 is 26.7 Å². The van der Waals surface area contributed by atoms with Crippen LogP contribution < -0.4 is 4.90 Å². The fourth-order valence-corrected chi connectivity index (χ4v) is 4.98. The number of rotatable bonds is 4. The third kappa shape index (κ3) is 4.12. The van der Waals surface area contributed by atoms with E-state index in [1.54, 1.807) is 31.2 Å². The number of alkyl halides is 3. The number of aliphatic hydroxyl groups is 1. The van der Waals surface area contributed by atoms with Crippen LogP contribution in [0.4, 0.5) is 18.9 Å². The number of aryl methyl sites for hydroxylation is 1. The second kappa shape index (κ2) is 7.62. The maximum atomic E-state index is 13.0. The van der Waals surface area contributed by atoms with E-state index >= 15 is 0 Å². The first-order valence-electron chi connectivity index (χ1n) is 9.15. The van der Waals surface area contributed by atoms with Crippen molar-refractivity contribution in [2.24, 2.45) is 0 Å². The molecule has 1 unspecified atom stereocenters. The molecule has 2 aromatic rings. The number of anilines is 1. The Labute approximate surface area is 168 Å². The predicted molar refractivity (Wildman–Crippen MR) is 104 cm³/mol. The van der Waals surface area contributed by atoms with E-state index in [0.29, 0.717) is 24.3 Å². The molecule has 1 aliphatic heterocycles. The van der Waals surface area contributed by atoms with E-state index < -0.39 is 21.8 Å². The molecule has 1 fully saturated rings. The van der Waals surface area contributed by atoms with Gasteiger partial charge in [0.2, 0.25) is 10.0 Å². The molecule has 1 heterocycles. The standard InChI is InChI=1S/C20H23F3N2O3S/c1-15-5-3-4-6-18(15)29(27,28)25-13-11-24(12-14-25)17-9-7-16(8-10-17)19(2,26)20(21,22)23/h3-10,26H,11-14H2,1-2H3. The first-order chi connectivity index (χ1) is 13.4. The Bertz CT molecular complexity index is 965. The van der Waals surface area contributed by atoms with Crippen LogP contribution in [-0.2, 0) is 15.6 Å². The minimum Gasteiger partial charge on any atom is -0.376 e. The SMILES string of the molecule is Cc1ccccc1S(=O)(=O)N1CCN(c2ccc(C(C)(O)C(F)(F)F)cc2)CC1. The minimum atomic E-state index is -4.77. The molecule has 158 valence electrons. The van der Waals surface area contributed by atoms with Crippen molar-refractivity contribution in [3.63, 3.8) is 0 Å². The zero-order valence-corrected chi connectivity index (χ0v) is 17.0. The highest BCUT2D eigenvalue weighted by Crippen LogP contribution is 2.39. The van der Waals surface area contributed by atoms with Crippen molar-refractivity contribution in [3.05, 3.63) is 59.7 Å². The molecule has 0 bridgehead atoms. The van der Waals surface area contributed by atoms with Crippen molar-refractivity contribution in [2.75, 3.05) is 31.1 Å². The first kappa shape index (κ1) is 21.6. The van der Waals surface area contributed by atoms with Gasteiger partial charge in [-0.05, 0) is 43.2 Å². The average molecular weight is 428 g/mol. The van der Waals surface area contributed by atoms with Gasteiger partial charge in [-0.25, -0.2) is 8.42 Å². The van der Waals surface area contributed by atoms with E-state index in [0.717, 1.165) is 6.92 Å². The Morgan fingerprint density at radius 3 is 2.00 bits per heavy atom. The molecule has 0 saturated carbocycles. The molecule has 1 aliphatic rings. The van der Waals surface area contributed by atoms with Gasteiger partial charge in [0.25, 0.3) is 0 Å². The molecule has 9 heteroatoms. The van der Waals surface area contributed by atoms with E-state index in [2.05, 4.69) is 0 Å². The number of sulfonamides is 1. The molecular weight excluding hydrogens is 405 g/mol. The lowest BCUT2D eigenvalue weighted by atomic mass is 9.95. The summed E-state index contributed by atoms with van der Waals surface area (Å²) in [4.78, 5) is 2.20. The normalized spacial score (nSPS) is 18.5. The number of nitrogens with zero attached hydrogens (tertiary/aromatic N) is 2. The lowest BCUT2D eigenvalue weighted by Crippen LogP contribution is -2.48. The number of benzene rings is 2.